The quantitative estimate of drug-likeness (QED) is 0.808. The van der Waals surface area contributed by atoms with Crippen LogP contribution in [0.1, 0.15) is 18.4 Å². The number of ether oxygens (including phenoxy) is 1. The molecule has 0 unspecified atom stereocenters. The average Bonchev–Trinajstić information content (AvgIpc) is 2.50. The molecule has 1 heterocycles. The number of benzene rings is 1. The van der Waals surface area contributed by atoms with Crippen molar-refractivity contribution >= 4 is 6.09 Å². The fraction of sp³-hybridized carbons (Fsp3) is 0.562. The summed E-state index contributed by atoms with van der Waals surface area (Å²) in [5.74, 6) is -1.79. The van der Waals surface area contributed by atoms with Gasteiger partial charge < -0.3 is 15.2 Å². The molecular weight excluding hydrogens is 306 g/mol. The molecule has 0 radical (unpaired) electrons. The number of piperidine rings is 1. The average molecular weight is 328 g/mol. The van der Waals surface area contributed by atoms with Crippen molar-refractivity contribution in [1.29, 1.82) is 0 Å². The number of alkyl halides is 2. The zero-order valence-electron chi connectivity index (χ0n) is 12.9. The summed E-state index contributed by atoms with van der Waals surface area (Å²) in [5.41, 5.74) is 1.02. The molecular formula is C16H22F2N2O3. The molecule has 128 valence electrons. The Balaban J connectivity index is 1.65. The summed E-state index contributed by atoms with van der Waals surface area (Å²) in [6.07, 6.45) is -0.562. The maximum absolute atomic E-state index is 13.0. The van der Waals surface area contributed by atoms with Gasteiger partial charge in [-0.1, -0.05) is 12.1 Å². The third kappa shape index (κ3) is 6.40. The van der Waals surface area contributed by atoms with Crippen LogP contribution in [-0.2, 0) is 6.42 Å². The number of hydrogen-bond donors (Lipinski definition) is 2. The highest BCUT2D eigenvalue weighted by Gasteiger charge is 2.33. The van der Waals surface area contributed by atoms with E-state index in [4.69, 9.17) is 9.84 Å². The van der Waals surface area contributed by atoms with Gasteiger partial charge in [-0.25, -0.2) is 13.6 Å². The molecule has 23 heavy (non-hydrogen) atoms. The van der Waals surface area contributed by atoms with Gasteiger partial charge in [0, 0.05) is 39.0 Å². The molecule has 1 aromatic carbocycles. The van der Waals surface area contributed by atoms with Gasteiger partial charge in [-0.05, 0) is 24.1 Å². The Morgan fingerprint density at radius 2 is 1.91 bits per heavy atom. The smallest absolute Gasteiger partial charge is 0.404 e. The van der Waals surface area contributed by atoms with Crippen molar-refractivity contribution in [1.82, 2.24) is 10.2 Å². The summed E-state index contributed by atoms with van der Waals surface area (Å²) >= 11 is 0. The lowest BCUT2D eigenvalue weighted by atomic mass is 10.1. The van der Waals surface area contributed by atoms with Gasteiger partial charge >= 0.3 is 6.09 Å². The van der Waals surface area contributed by atoms with Gasteiger partial charge in [0.25, 0.3) is 5.92 Å². The van der Waals surface area contributed by atoms with Crippen molar-refractivity contribution in [3.05, 3.63) is 29.8 Å². The minimum Gasteiger partial charge on any atom is -0.492 e. The molecule has 0 aromatic heterocycles. The van der Waals surface area contributed by atoms with Gasteiger partial charge in [-0.3, -0.25) is 4.90 Å². The van der Waals surface area contributed by atoms with E-state index in [9.17, 15) is 13.6 Å². The number of carbonyl (C=O) groups is 1. The Morgan fingerprint density at radius 3 is 2.52 bits per heavy atom. The first-order valence-electron chi connectivity index (χ1n) is 7.73. The number of amides is 1. The van der Waals surface area contributed by atoms with Gasteiger partial charge in [-0.15, -0.1) is 0 Å². The number of likely N-dealkylation sites (tertiary alicyclic amines) is 1. The number of nitrogens with zero attached hydrogens (tertiary/aromatic N) is 1. The van der Waals surface area contributed by atoms with Crippen LogP contribution < -0.4 is 10.1 Å². The lowest BCUT2D eigenvalue weighted by molar-refractivity contribution is -0.0564. The van der Waals surface area contributed by atoms with E-state index >= 15 is 0 Å². The van der Waals surface area contributed by atoms with Gasteiger partial charge in [0.1, 0.15) is 12.4 Å². The van der Waals surface area contributed by atoms with Crippen molar-refractivity contribution in [2.24, 2.45) is 0 Å². The molecule has 1 aliphatic rings. The predicted octanol–water partition coefficient (Wildman–Crippen LogP) is 2.61. The summed E-state index contributed by atoms with van der Waals surface area (Å²) in [7, 11) is 0. The molecule has 0 atom stereocenters. The maximum atomic E-state index is 13.0. The van der Waals surface area contributed by atoms with Gasteiger partial charge in [0.15, 0.2) is 0 Å². The second-order valence-corrected chi connectivity index (χ2v) is 5.67. The Kier molecular flexibility index (Phi) is 6.15. The highest BCUT2D eigenvalue weighted by molar-refractivity contribution is 5.64. The summed E-state index contributed by atoms with van der Waals surface area (Å²) in [5, 5.41) is 10.8. The monoisotopic (exact) mass is 328 g/mol. The van der Waals surface area contributed by atoms with Gasteiger partial charge in [0.05, 0.1) is 0 Å². The van der Waals surface area contributed by atoms with Crippen LogP contribution >= 0.6 is 0 Å². The van der Waals surface area contributed by atoms with Gasteiger partial charge in [-0.2, -0.15) is 0 Å². The van der Waals surface area contributed by atoms with E-state index < -0.39 is 12.0 Å². The van der Waals surface area contributed by atoms with Crippen LogP contribution in [-0.4, -0.2) is 54.8 Å². The number of hydrogen-bond acceptors (Lipinski definition) is 3. The number of nitrogens with one attached hydrogen (secondary N) is 1. The Labute approximate surface area is 134 Å². The summed E-state index contributed by atoms with van der Waals surface area (Å²) in [4.78, 5) is 12.3. The summed E-state index contributed by atoms with van der Waals surface area (Å²) in [6.45, 7) is 2.29. The van der Waals surface area contributed by atoms with E-state index in [0.29, 0.717) is 39.2 Å². The van der Waals surface area contributed by atoms with Crippen molar-refractivity contribution in [3.63, 3.8) is 0 Å². The Bertz CT molecular complexity index is 499. The molecule has 1 saturated heterocycles. The lowest BCUT2D eigenvalue weighted by Crippen LogP contribution is -2.41. The second-order valence-electron chi connectivity index (χ2n) is 5.67. The molecule has 5 nitrogen and oxygen atoms in total. The molecule has 2 N–H and O–H groups in total. The zero-order chi connectivity index (χ0) is 16.7. The molecule has 1 amide bonds. The first kappa shape index (κ1) is 17.5. The standard InChI is InChI=1S/C16H22F2N2O3/c17-16(18)6-9-20(10-7-16)11-12-23-14-3-1-13(2-4-14)5-8-19-15(21)22/h1-4,19H,5-12H2,(H,21,22). The number of halogens is 2. The van der Waals surface area contributed by atoms with E-state index in [1.165, 1.54) is 0 Å². The largest absolute Gasteiger partial charge is 0.492 e. The lowest BCUT2D eigenvalue weighted by Gasteiger charge is -2.31. The van der Waals surface area contributed by atoms with Crippen molar-refractivity contribution < 1.29 is 23.4 Å². The third-order valence-corrected chi connectivity index (χ3v) is 3.88. The normalized spacial score (nSPS) is 17.7. The van der Waals surface area contributed by atoms with Crippen molar-refractivity contribution in [2.45, 2.75) is 25.2 Å². The zero-order valence-corrected chi connectivity index (χ0v) is 12.9. The van der Waals surface area contributed by atoms with Crippen LogP contribution in [0.2, 0.25) is 0 Å². The van der Waals surface area contributed by atoms with Crippen LogP contribution in [0.4, 0.5) is 13.6 Å². The first-order valence-corrected chi connectivity index (χ1v) is 7.73. The molecule has 0 spiro atoms. The van der Waals surface area contributed by atoms with Crippen LogP contribution in [0.15, 0.2) is 24.3 Å². The molecule has 1 fully saturated rings. The van der Waals surface area contributed by atoms with Crippen LogP contribution in [0.25, 0.3) is 0 Å². The molecule has 2 rings (SSSR count). The molecule has 0 saturated carbocycles. The summed E-state index contributed by atoms with van der Waals surface area (Å²) in [6, 6.07) is 7.45. The van der Waals surface area contributed by atoms with Gasteiger partial charge in [0.2, 0.25) is 0 Å². The highest BCUT2D eigenvalue weighted by atomic mass is 19.3. The fourth-order valence-corrected chi connectivity index (χ4v) is 2.46. The van der Waals surface area contributed by atoms with Crippen molar-refractivity contribution in [2.75, 3.05) is 32.8 Å². The molecule has 0 bridgehead atoms. The molecule has 1 aromatic rings. The van der Waals surface area contributed by atoms with Crippen molar-refractivity contribution in [3.8, 4) is 5.75 Å². The van der Waals surface area contributed by atoms with Crippen LogP contribution in [0.3, 0.4) is 0 Å². The Morgan fingerprint density at radius 1 is 1.26 bits per heavy atom. The molecule has 0 aliphatic carbocycles. The molecule has 1 aliphatic heterocycles. The van der Waals surface area contributed by atoms with Crippen LogP contribution in [0, 0.1) is 0 Å². The van der Waals surface area contributed by atoms with E-state index in [2.05, 4.69) is 5.32 Å². The van der Waals surface area contributed by atoms with E-state index in [0.717, 1.165) is 11.3 Å². The number of carboxylic acid groups (broad SMARTS) is 1. The fourth-order valence-electron chi connectivity index (χ4n) is 2.46. The van der Waals surface area contributed by atoms with E-state index in [-0.39, 0.29) is 12.8 Å². The first-order chi connectivity index (χ1) is 10.9. The highest BCUT2D eigenvalue weighted by Crippen LogP contribution is 2.27. The Hall–Kier alpha value is -1.89. The minimum absolute atomic E-state index is 0.0773. The van der Waals surface area contributed by atoms with E-state index in [1.807, 2.05) is 29.2 Å². The topological polar surface area (TPSA) is 61.8 Å². The molecule has 7 heteroatoms. The predicted molar refractivity (Wildman–Crippen MR) is 82.3 cm³/mol. The second kappa shape index (κ2) is 8.10. The SMILES string of the molecule is O=C(O)NCCc1ccc(OCCN2CCC(F)(F)CC2)cc1. The van der Waals surface area contributed by atoms with Crippen LogP contribution in [0.5, 0.6) is 5.75 Å². The van der Waals surface area contributed by atoms with E-state index in [1.54, 1.807) is 0 Å². The minimum atomic E-state index is -2.51. The summed E-state index contributed by atoms with van der Waals surface area (Å²) < 4.78 is 31.7. The third-order valence-electron chi connectivity index (χ3n) is 3.88. The maximum Gasteiger partial charge on any atom is 0.404 e. The number of rotatable bonds is 7.